The second kappa shape index (κ2) is 11.2. The molecule has 7 nitrogen and oxygen atoms in total. The summed E-state index contributed by atoms with van der Waals surface area (Å²) in [4.78, 5) is 21.7. The third-order valence-corrected chi connectivity index (χ3v) is 9.64. The molecule has 8 heteroatoms. The van der Waals surface area contributed by atoms with Crippen molar-refractivity contribution in [1.29, 1.82) is 0 Å². The minimum Gasteiger partial charge on any atom is -0.392 e. The zero-order chi connectivity index (χ0) is 24.3. The van der Waals surface area contributed by atoms with Crippen molar-refractivity contribution < 1.29 is 14.6 Å². The van der Waals surface area contributed by atoms with Gasteiger partial charge in [-0.25, -0.2) is 4.98 Å². The molecule has 0 aromatic carbocycles. The predicted molar refractivity (Wildman–Crippen MR) is 137 cm³/mol. The first-order chi connectivity index (χ1) is 16.3. The fourth-order valence-electron chi connectivity index (χ4n) is 6.51. The number of rotatable bonds is 9. The van der Waals surface area contributed by atoms with Gasteiger partial charge < -0.3 is 20.5 Å². The summed E-state index contributed by atoms with van der Waals surface area (Å²) in [5, 5.41) is 19.3. The van der Waals surface area contributed by atoms with Crippen molar-refractivity contribution in [2.45, 2.75) is 71.8 Å². The highest BCUT2D eigenvalue weighted by atomic mass is 32.1. The number of hydrogen-bond acceptors (Lipinski definition) is 7. The Morgan fingerprint density at radius 3 is 2.85 bits per heavy atom. The first kappa shape index (κ1) is 25.9. The summed E-state index contributed by atoms with van der Waals surface area (Å²) in [5.74, 6) is 0.195. The molecule has 1 aliphatic heterocycles. The van der Waals surface area contributed by atoms with Crippen molar-refractivity contribution in [3.05, 3.63) is 10.6 Å². The summed E-state index contributed by atoms with van der Waals surface area (Å²) in [6, 6.07) is 0. The maximum atomic E-state index is 13.0. The molecule has 2 heterocycles. The van der Waals surface area contributed by atoms with Crippen molar-refractivity contribution >= 4 is 22.4 Å². The summed E-state index contributed by atoms with van der Waals surface area (Å²) in [7, 11) is 0. The average molecular weight is 493 g/mol. The molecule has 1 saturated carbocycles. The van der Waals surface area contributed by atoms with E-state index < -0.39 is 6.10 Å². The first-order valence-corrected chi connectivity index (χ1v) is 14.1. The number of fused-ring (bicyclic) bond motifs is 2. The number of carbonyl (C=O) groups is 1. The quantitative estimate of drug-likeness (QED) is 0.458. The van der Waals surface area contributed by atoms with Crippen LogP contribution in [-0.2, 0) is 16.0 Å². The van der Waals surface area contributed by atoms with Crippen LogP contribution in [0.15, 0.2) is 0 Å². The number of aliphatic hydroxyl groups is 1. The van der Waals surface area contributed by atoms with Gasteiger partial charge in [0.25, 0.3) is 0 Å². The lowest BCUT2D eigenvalue weighted by atomic mass is 9.53. The molecular formula is C26H44N4O3S. The maximum absolute atomic E-state index is 13.0. The van der Waals surface area contributed by atoms with Crippen molar-refractivity contribution in [3.63, 3.8) is 0 Å². The van der Waals surface area contributed by atoms with Crippen molar-refractivity contribution in [2.75, 3.05) is 51.3 Å². The van der Waals surface area contributed by atoms with Crippen LogP contribution in [0.3, 0.4) is 0 Å². The fourth-order valence-corrected chi connectivity index (χ4v) is 7.80. The molecule has 0 spiro atoms. The molecule has 2 fully saturated rings. The van der Waals surface area contributed by atoms with E-state index in [1.807, 2.05) is 6.92 Å². The molecule has 3 N–H and O–H groups in total. The number of nitrogens with zero attached hydrogens (tertiary/aromatic N) is 2. The predicted octanol–water partition coefficient (Wildman–Crippen LogP) is 3.49. The van der Waals surface area contributed by atoms with Crippen LogP contribution in [0.4, 0.5) is 5.13 Å². The summed E-state index contributed by atoms with van der Waals surface area (Å²) in [5.41, 5.74) is 1.22. The van der Waals surface area contributed by atoms with Crippen LogP contribution in [0, 0.1) is 23.2 Å². The maximum Gasteiger partial charge on any atom is 0.223 e. The van der Waals surface area contributed by atoms with Crippen molar-refractivity contribution in [2.24, 2.45) is 23.2 Å². The Kier molecular flexibility index (Phi) is 8.54. The number of carbonyl (C=O) groups excluding carboxylic acids is 1. The minimum absolute atomic E-state index is 0.00810. The topological polar surface area (TPSA) is 86.7 Å². The number of ether oxygens (including phenoxy) is 1. The van der Waals surface area contributed by atoms with Gasteiger partial charge in [0.2, 0.25) is 5.91 Å². The van der Waals surface area contributed by atoms with Crippen LogP contribution in [0.25, 0.3) is 0 Å². The van der Waals surface area contributed by atoms with Crippen molar-refractivity contribution in [1.82, 2.24) is 15.2 Å². The lowest BCUT2D eigenvalue weighted by molar-refractivity contribution is -0.134. The van der Waals surface area contributed by atoms with Crippen LogP contribution in [0.5, 0.6) is 0 Å². The Bertz CT molecular complexity index is 827. The van der Waals surface area contributed by atoms with Gasteiger partial charge >= 0.3 is 0 Å². The van der Waals surface area contributed by atoms with E-state index in [0.717, 1.165) is 75.9 Å². The molecule has 1 amide bonds. The third-order valence-electron chi connectivity index (χ3n) is 8.62. The molecule has 0 unspecified atom stereocenters. The van der Waals surface area contributed by atoms with Gasteiger partial charge in [0.15, 0.2) is 5.13 Å². The van der Waals surface area contributed by atoms with Gasteiger partial charge in [0.05, 0.1) is 25.0 Å². The van der Waals surface area contributed by atoms with Gasteiger partial charge in [-0.15, -0.1) is 11.3 Å². The molecule has 0 bridgehead atoms. The average Bonchev–Trinajstić information content (AvgIpc) is 3.22. The zero-order valence-corrected chi connectivity index (χ0v) is 22.3. The molecule has 3 aliphatic rings. The molecule has 4 rings (SSSR count). The third kappa shape index (κ3) is 5.45. The van der Waals surface area contributed by atoms with E-state index in [-0.39, 0.29) is 35.0 Å². The van der Waals surface area contributed by atoms with E-state index in [1.165, 1.54) is 11.3 Å². The minimum atomic E-state index is -0.486. The van der Waals surface area contributed by atoms with E-state index in [9.17, 15) is 9.90 Å². The molecule has 34 heavy (non-hydrogen) atoms. The normalized spacial score (nSPS) is 32.5. The molecule has 1 aromatic heterocycles. The Hall–Kier alpha value is -1.22. The molecule has 2 aliphatic carbocycles. The number of morpholine rings is 1. The van der Waals surface area contributed by atoms with Crippen LogP contribution >= 0.6 is 11.3 Å². The molecular weight excluding hydrogens is 448 g/mol. The highest BCUT2D eigenvalue weighted by Gasteiger charge is 2.53. The number of hydrogen-bond donors (Lipinski definition) is 3. The van der Waals surface area contributed by atoms with E-state index in [4.69, 9.17) is 9.72 Å². The van der Waals surface area contributed by atoms with E-state index in [1.54, 1.807) is 11.3 Å². The number of nitrogens with one attached hydrogen (secondary N) is 2. The van der Waals surface area contributed by atoms with Gasteiger partial charge in [-0.05, 0) is 42.9 Å². The van der Waals surface area contributed by atoms with Gasteiger partial charge in [-0.1, -0.05) is 34.1 Å². The van der Waals surface area contributed by atoms with E-state index in [2.05, 4.69) is 36.3 Å². The monoisotopic (exact) mass is 492 g/mol. The van der Waals surface area contributed by atoms with Crippen LogP contribution in [0.2, 0.25) is 0 Å². The molecule has 1 saturated heterocycles. The van der Waals surface area contributed by atoms with Gasteiger partial charge in [-0.3, -0.25) is 9.69 Å². The number of aliphatic hydroxyl groups excluding tert-OH is 1. The Morgan fingerprint density at radius 2 is 2.12 bits per heavy atom. The molecule has 0 radical (unpaired) electrons. The Balaban J connectivity index is 1.38. The van der Waals surface area contributed by atoms with Crippen molar-refractivity contribution in [3.8, 4) is 0 Å². The molecule has 1 aromatic rings. The smallest absolute Gasteiger partial charge is 0.223 e. The standard InChI is InChI=1S/C26H44N4O3S/c1-5-6-9-28-25-29-22-18(3)21-23(31)19(7-8-26(21,4)16-20(22)34-25)17(2)24(32)27-10-11-30-12-14-33-15-13-30/h17-19,21,23,31H,5-16H2,1-4H3,(H,27,32)(H,28,29)/t17-,18-,19+,21+,23-,26-/m0/s1. The number of unbranched alkanes of at least 4 members (excludes halogenated alkanes) is 1. The van der Waals surface area contributed by atoms with E-state index in [0.29, 0.717) is 6.54 Å². The van der Waals surface area contributed by atoms with Gasteiger partial charge in [0, 0.05) is 49.4 Å². The zero-order valence-electron chi connectivity index (χ0n) is 21.4. The molecule has 6 atom stereocenters. The Morgan fingerprint density at radius 1 is 1.35 bits per heavy atom. The molecule has 192 valence electrons. The van der Waals surface area contributed by atoms with Crippen LogP contribution < -0.4 is 10.6 Å². The largest absolute Gasteiger partial charge is 0.392 e. The lowest BCUT2D eigenvalue weighted by Crippen LogP contribution is -2.53. The second-order valence-electron chi connectivity index (χ2n) is 11.0. The Labute approximate surface area is 209 Å². The van der Waals surface area contributed by atoms with E-state index >= 15 is 0 Å². The van der Waals surface area contributed by atoms with Crippen LogP contribution in [-0.4, -0.2) is 72.9 Å². The highest BCUT2D eigenvalue weighted by molar-refractivity contribution is 7.15. The SMILES string of the molecule is CCCCNc1nc2c(s1)C[C@]1(C)CC[C@H]([C@H](C)C(=O)NCCN3CCOCC3)[C@H](O)[C@H]1[C@@H]2C. The number of thiazole rings is 1. The fraction of sp³-hybridized carbons (Fsp3) is 0.846. The highest BCUT2D eigenvalue weighted by Crippen LogP contribution is 2.57. The van der Waals surface area contributed by atoms with Gasteiger partial charge in [-0.2, -0.15) is 0 Å². The summed E-state index contributed by atoms with van der Waals surface area (Å²) in [6.45, 7) is 14.6. The number of amides is 1. The summed E-state index contributed by atoms with van der Waals surface area (Å²) >= 11 is 1.80. The van der Waals surface area contributed by atoms with Crippen LogP contribution in [0.1, 0.15) is 69.9 Å². The lowest BCUT2D eigenvalue weighted by Gasteiger charge is -2.53. The number of aromatic nitrogens is 1. The first-order valence-electron chi connectivity index (χ1n) is 13.3. The number of anilines is 1. The van der Waals surface area contributed by atoms with Gasteiger partial charge in [0.1, 0.15) is 0 Å². The summed E-state index contributed by atoms with van der Waals surface area (Å²) in [6.07, 6.45) is 4.75. The summed E-state index contributed by atoms with van der Waals surface area (Å²) < 4.78 is 5.40. The second-order valence-corrected chi connectivity index (χ2v) is 12.1.